The predicted molar refractivity (Wildman–Crippen MR) is 88.5 cm³/mol. The van der Waals surface area contributed by atoms with Gasteiger partial charge in [-0.05, 0) is 44.0 Å². The van der Waals surface area contributed by atoms with Crippen LogP contribution >= 0.6 is 0 Å². The summed E-state index contributed by atoms with van der Waals surface area (Å²) in [6.45, 7) is 9.38. The topological polar surface area (TPSA) is 19.4 Å². The van der Waals surface area contributed by atoms with Crippen molar-refractivity contribution >= 4 is 5.69 Å². The van der Waals surface area contributed by atoms with Gasteiger partial charge >= 0.3 is 20.4 Å². The van der Waals surface area contributed by atoms with Gasteiger partial charge in [0.1, 0.15) is 6.67 Å². The van der Waals surface area contributed by atoms with E-state index in [-0.39, 0.29) is 55.8 Å². The normalized spacial score (nSPS) is 12.3. The average molecular weight is 547 g/mol. The number of benzene rings is 1. The van der Waals surface area contributed by atoms with E-state index in [1.165, 1.54) is 22.4 Å². The predicted octanol–water partition coefficient (Wildman–Crippen LogP) is -1.83. The molecule has 0 unspecified atom stereocenters. The summed E-state index contributed by atoms with van der Waals surface area (Å²) in [5.41, 5.74) is 6.24. The van der Waals surface area contributed by atoms with Crippen molar-refractivity contribution in [2.24, 2.45) is 0 Å². The van der Waals surface area contributed by atoms with Crippen molar-refractivity contribution in [3.8, 4) is 0 Å². The molecule has 0 atom stereocenters. The monoisotopic (exact) mass is 544 g/mol. The van der Waals surface area contributed by atoms with E-state index in [9.17, 15) is 0 Å². The zero-order chi connectivity index (χ0) is 14.8. The summed E-state index contributed by atoms with van der Waals surface area (Å²) in [5.74, 6) is 0. The molecule has 0 bridgehead atoms. The Labute approximate surface area is 180 Å². The molecule has 0 saturated heterocycles. The average Bonchev–Trinajstić information content (AvgIpc) is 2.87. The van der Waals surface area contributed by atoms with Gasteiger partial charge in [-0.25, -0.2) is 0 Å². The van der Waals surface area contributed by atoms with Gasteiger partial charge in [-0.15, -0.1) is 0 Å². The molecule has 1 aliphatic rings. The number of rotatable bonds is 3. The molecule has 1 aliphatic heterocycles. The van der Waals surface area contributed by atoms with E-state index < -0.39 is 0 Å². The van der Waals surface area contributed by atoms with E-state index >= 15 is 0 Å². The first-order valence-corrected chi connectivity index (χ1v) is 7.18. The third kappa shape index (κ3) is 5.42. The first-order chi connectivity index (χ1) is 10.1. The molecule has 2 aromatic rings. The van der Waals surface area contributed by atoms with Crippen molar-refractivity contribution in [3.05, 3.63) is 78.0 Å². The van der Waals surface area contributed by atoms with Crippen LogP contribution in [0.3, 0.4) is 0 Å². The third-order valence-electron chi connectivity index (χ3n) is 3.66. The molecule has 0 amide bonds. The standard InChI is InChI=1S/C18H20N3.2BrH.Pd.H2/c1-14-10-15(2)18(16(3)11-14)21-9-8-20(13-21)12-17-6-4-5-7-19-17;;;;/h4-11,13H,12H2,1-3H3;2*1H;;1H/q;;;+2;/p-2. The first kappa shape index (κ1) is 23.3. The van der Waals surface area contributed by atoms with Gasteiger partial charge in [-0.2, -0.15) is 0 Å². The maximum Gasteiger partial charge on any atom is 2.00 e. The van der Waals surface area contributed by atoms with Crippen LogP contribution in [0.25, 0.3) is 0 Å². The Balaban J connectivity index is 0. The van der Waals surface area contributed by atoms with E-state index in [2.05, 4.69) is 66.8 Å². The van der Waals surface area contributed by atoms with Crippen molar-refractivity contribution < 1.29 is 55.8 Å². The van der Waals surface area contributed by atoms with E-state index in [4.69, 9.17) is 0 Å². The van der Waals surface area contributed by atoms with Gasteiger partial charge in [-0.1, -0.05) is 23.8 Å². The molecule has 1 aromatic heterocycles. The number of aromatic nitrogens is 1. The number of hydrogen-bond acceptors (Lipinski definition) is 3. The van der Waals surface area contributed by atoms with Crippen LogP contribution in [0, 0.1) is 27.4 Å². The van der Waals surface area contributed by atoms with Gasteiger partial charge in [0.05, 0.1) is 12.2 Å². The SMILES string of the molecule is Cc1cc(C)c(N2[CH]N(Cc3ccccn3)C=C2)c(C)c1.[Br-].[Br-].[HH].[Pd+2]. The molecule has 2 heterocycles. The van der Waals surface area contributed by atoms with Crippen LogP contribution < -0.4 is 38.9 Å². The Morgan fingerprint density at radius 3 is 2.25 bits per heavy atom. The minimum atomic E-state index is 0. The first-order valence-electron chi connectivity index (χ1n) is 7.18. The molecule has 3 rings (SSSR count). The van der Waals surface area contributed by atoms with E-state index in [1.54, 1.807) is 0 Å². The molecular weight excluding hydrogens is 524 g/mol. The van der Waals surface area contributed by atoms with Gasteiger partial charge in [-0.3, -0.25) is 4.98 Å². The van der Waals surface area contributed by atoms with Gasteiger partial charge in [0.2, 0.25) is 0 Å². The van der Waals surface area contributed by atoms with Crippen molar-refractivity contribution in [1.29, 1.82) is 0 Å². The summed E-state index contributed by atoms with van der Waals surface area (Å²) < 4.78 is 0. The van der Waals surface area contributed by atoms with Gasteiger partial charge in [0.15, 0.2) is 0 Å². The maximum absolute atomic E-state index is 4.37. The summed E-state index contributed by atoms with van der Waals surface area (Å²) in [7, 11) is 0. The number of halogens is 2. The zero-order valence-electron chi connectivity index (χ0n) is 13.8. The van der Waals surface area contributed by atoms with Gasteiger partial charge < -0.3 is 43.8 Å². The Bertz CT molecular complexity index is 660. The second-order valence-electron chi connectivity index (χ2n) is 5.56. The fraction of sp³-hybridized carbons (Fsp3) is 0.222. The van der Waals surface area contributed by atoms with E-state index in [0.717, 1.165) is 12.2 Å². The maximum atomic E-state index is 4.37. The second kappa shape index (κ2) is 10.4. The number of aryl methyl sites for hydroxylation is 3. The Morgan fingerprint density at radius 2 is 1.67 bits per heavy atom. The van der Waals surface area contributed by atoms with Crippen LogP contribution in [-0.2, 0) is 27.0 Å². The van der Waals surface area contributed by atoms with Crippen LogP contribution in [0.15, 0.2) is 48.9 Å². The molecule has 133 valence electrons. The van der Waals surface area contributed by atoms with Crippen molar-refractivity contribution in [3.63, 3.8) is 0 Å². The molecular formula is C18H22Br2N3Pd. The summed E-state index contributed by atoms with van der Waals surface area (Å²) in [4.78, 5) is 8.71. The number of pyridine rings is 1. The molecule has 6 heteroatoms. The summed E-state index contributed by atoms with van der Waals surface area (Å²) >= 11 is 0. The van der Waals surface area contributed by atoms with Crippen LogP contribution in [0.5, 0.6) is 0 Å². The van der Waals surface area contributed by atoms with Gasteiger partial charge in [0.25, 0.3) is 0 Å². The van der Waals surface area contributed by atoms with E-state index in [0.29, 0.717) is 0 Å². The number of hydrogen-bond donors (Lipinski definition) is 0. The summed E-state index contributed by atoms with van der Waals surface area (Å²) in [6.07, 6.45) is 6.03. The zero-order valence-corrected chi connectivity index (χ0v) is 18.5. The van der Waals surface area contributed by atoms with Crippen molar-refractivity contribution in [2.75, 3.05) is 4.90 Å². The number of anilines is 1. The fourth-order valence-electron chi connectivity index (χ4n) is 2.88. The minimum absolute atomic E-state index is 0. The van der Waals surface area contributed by atoms with Crippen molar-refractivity contribution in [2.45, 2.75) is 27.3 Å². The molecule has 1 radical (unpaired) electrons. The quantitative estimate of drug-likeness (QED) is 0.423. The molecule has 0 saturated carbocycles. The van der Waals surface area contributed by atoms with Crippen LogP contribution in [0.4, 0.5) is 5.69 Å². The molecule has 0 aliphatic carbocycles. The van der Waals surface area contributed by atoms with Crippen LogP contribution in [0.2, 0.25) is 0 Å². The van der Waals surface area contributed by atoms with E-state index in [1.807, 2.05) is 24.4 Å². The molecule has 0 spiro atoms. The molecule has 1 aromatic carbocycles. The van der Waals surface area contributed by atoms with Crippen LogP contribution in [0.1, 0.15) is 23.8 Å². The number of nitrogens with zero attached hydrogens (tertiary/aromatic N) is 3. The largest absolute Gasteiger partial charge is 2.00 e. The Morgan fingerprint density at radius 1 is 1.00 bits per heavy atom. The minimum Gasteiger partial charge on any atom is -1.00 e. The summed E-state index contributed by atoms with van der Waals surface area (Å²) in [6, 6.07) is 10.5. The molecule has 3 nitrogen and oxygen atoms in total. The molecule has 0 N–H and O–H groups in total. The third-order valence-corrected chi connectivity index (χ3v) is 3.66. The Kier molecular flexibility index (Phi) is 10.1. The van der Waals surface area contributed by atoms with Crippen molar-refractivity contribution in [1.82, 2.24) is 9.88 Å². The summed E-state index contributed by atoms with van der Waals surface area (Å²) in [5, 5.41) is 0. The fourth-order valence-corrected chi connectivity index (χ4v) is 2.88. The second-order valence-corrected chi connectivity index (χ2v) is 5.56. The molecule has 24 heavy (non-hydrogen) atoms. The van der Waals surface area contributed by atoms with Gasteiger partial charge in [0, 0.05) is 25.7 Å². The molecule has 0 fully saturated rings. The smallest absolute Gasteiger partial charge is 1.00 e. The van der Waals surface area contributed by atoms with Crippen LogP contribution in [-0.4, -0.2) is 9.88 Å². The Hall–Kier alpha value is -0.668.